The molecule has 0 aliphatic heterocycles. The molecular formula is C18H28N2O4. The summed E-state index contributed by atoms with van der Waals surface area (Å²) in [6, 6.07) is 8.71. The van der Waals surface area contributed by atoms with Gasteiger partial charge in [-0.15, -0.1) is 0 Å². The monoisotopic (exact) mass is 336 g/mol. The molecule has 0 aliphatic carbocycles. The molecule has 0 heterocycles. The number of benzene rings is 1. The maximum atomic E-state index is 12.1. The summed E-state index contributed by atoms with van der Waals surface area (Å²) in [5, 5.41) is 13.2. The van der Waals surface area contributed by atoms with Gasteiger partial charge in [0.15, 0.2) is 0 Å². The van der Waals surface area contributed by atoms with Crippen LogP contribution in [0.3, 0.4) is 0 Å². The van der Waals surface area contributed by atoms with Crippen molar-refractivity contribution in [1.29, 1.82) is 0 Å². The van der Waals surface area contributed by atoms with Gasteiger partial charge in [0, 0.05) is 17.5 Å². The number of aliphatic hydroxyl groups is 1. The van der Waals surface area contributed by atoms with Gasteiger partial charge in [-0.2, -0.15) is 0 Å². The van der Waals surface area contributed by atoms with Crippen molar-refractivity contribution in [3.8, 4) is 0 Å². The van der Waals surface area contributed by atoms with Crippen LogP contribution in [-0.2, 0) is 14.3 Å². The summed E-state index contributed by atoms with van der Waals surface area (Å²) in [7, 11) is 1.30. The average molecular weight is 336 g/mol. The second kappa shape index (κ2) is 8.80. The van der Waals surface area contributed by atoms with Crippen LogP contribution in [0.1, 0.15) is 45.2 Å². The maximum Gasteiger partial charge on any atom is 0.307 e. The number of carbonyl (C=O) groups is 2. The summed E-state index contributed by atoms with van der Waals surface area (Å²) in [4.78, 5) is 23.3. The van der Waals surface area contributed by atoms with E-state index in [0.29, 0.717) is 0 Å². The molecule has 1 amide bonds. The van der Waals surface area contributed by atoms with Gasteiger partial charge < -0.3 is 20.9 Å². The first-order valence-electron chi connectivity index (χ1n) is 8.03. The smallest absolute Gasteiger partial charge is 0.307 e. The van der Waals surface area contributed by atoms with Crippen LogP contribution in [0.5, 0.6) is 0 Å². The number of aliphatic hydroxyl groups excluding tert-OH is 1. The normalized spacial score (nSPS) is 15.2. The third-order valence-electron chi connectivity index (χ3n) is 4.31. The number of hydrogen-bond donors (Lipinski definition) is 3. The zero-order chi connectivity index (χ0) is 18.3. The minimum Gasteiger partial charge on any atom is -0.469 e. The number of nitrogens with two attached hydrogens (primary N) is 1. The lowest BCUT2D eigenvalue weighted by atomic mass is 9.75. The van der Waals surface area contributed by atoms with Crippen LogP contribution in [0.15, 0.2) is 30.3 Å². The third-order valence-corrected chi connectivity index (χ3v) is 4.31. The molecular weight excluding hydrogens is 308 g/mol. The quantitative estimate of drug-likeness (QED) is 0.625. The fourth-order valence-corrected chi connectivity index (χ4v) is 2.45. The molecule has 0 aliphatic rings. The van der Waals surface area contributed by atoms with E-state index >= 15 is 0 Å². The van der Waals surface area contributed by atoms with Gasteiger partial charge in [0.25, 0.3) is 0 Å². The summed E-state index contributed by atoms with van der Waals surface area (Å²) in [6.45, 7) is 5.38. The van der Waals surface area contributed by atoms with Gasteiger partial charge in [0.2, 0.25) is 5.91 Å². The topological polar surface area (TPSA) is 102 Å². The van der Waals surface area contributed by atoms with Crippen LogP contribution in [0.4, 0.5) is 0 Å². The molecule has 3 atom stereocenters. The minimum absolute atomic E-state index is 0.0843. The highest BCUT2D eigenvalue weighted by atomic mass is 16.5. The Morgan fingerprint density at radius 3 is 2.38 bits per heavy atom. The molecule has 0 saturated heterocycles. The van der Waals surface area contributed by atoms with Gasteiger partial charge in [0.05, 0.1) is 26.1 Å². The number of carbonyl (C=O) groups excluding carboxylic acids is 2. The zero-order valence-electron chi connectivity index (χ0n) is 14.8. The second-order valence-corrected chi connectivity index (χ2v) is 6.68. The van der Waals surface area contributed by atoms with E-state index in [9.17, 15) is 14.7 Å². The third kappa shape index (κ3) is 5.62. The molecule has 1 aromatic rings. The Balaban J connectivity index is 2.63. The molecule has 134 valence electrons. The molecule has 24 heavy (non-hydrogen) atoms. The standard InChI is InChI=1S/C18H28N2O4/c1-12(10-16(23)24-4)20-15(22)11-14(21)18(2,3)17(19)13-8-6-5-7-9-13/h5-9,12,14,17,21H,10-11,19H2,1-4H3,(H,20,22). The highest BCUT2D eigenvalue weighted by Gasteiger charge is 2.36. The van der Waals surface area contributed by atoms with Crippen molar-refractivity contribution in [2.24, 2.45) is 11.1 Å². The van der Waals surface area contributed by atoms with E-state index in [-0.39, 0.29) is 24.8 Å². The Kier molecular flexibility index (Phi) is 7.38. The van der Waals surface area contributed by atoms with Gasteiger partial charge in [-0.1, -0.05) is 44.2 Å². The molecule has 1 aromatic carbocycles. The van der Waals surface area contributed by atoms with Gasteiger partial charge in [0.1, 0.15) is 0 Å². The molecule has 0 bridgehead atoms. The number of hydrogen-bond acceptors (Lipinski definition) is 5. The Morgan fingerprint density at radius 1 is 1.25 bits per heavy atom. The summed E-state index contributed by atoms with van der Waals surface area (Å²) in [6.07, 6.45) is -0.914. The predicted molar refractivity (Wildman–Crippen MR) is 92.0 cm³/mol. The number of rotatable bonds is 8. The predicted octanol–water partition coefficient (Wildman–Crippen LogP) is 1.53. The Hall–Kier alpha value is -1.92. The number of nitrogens with one attached hydrogen (secondary N) is 1. The van der Waals surface area contributed by atoms with Gasteiger partial charge in [-0.3, -0.25) is 9.59 Å². The molecule has 1 rings (SSSR count). The van der Waals surface area contributed by atoms with Crippen LogP contribution < -0.4 is 11.1 Å². The molecule has 0 aromatic heterocycles. The Morgan fingerprint density at radius 2 is 1.83 bits per heavy atom. The van der Waals surface area contributed by atoms with Crippen molar-refractivity contribution in [3.05, 3.63) is 35.9 Å². The van der Waals surface area contributed by atoms with Gasteiger partial charge >= 0.3 is 5.97 Å². The van der Waals surface area contributed by atoms with Crippen LogP contribution in [0, 0.1) is 5.41 Å². The number of esters is 1. The molecule has 0 radical (unpaired) electrons. The molecule has 0 spiro atoms. The first kappa shape index (κ1) is 20.1. The largest absolute Gasteiger partial charge is 0.469 e. The van der Waals surface area contributed by atoms with Crippen molar-refractivity contribution in [1.82, 2.24) is 5.32 Å². The van der Waals surface area contributed by atoms with E-state index in [1.807, 2.05) is 44.2 Å². The van der Waals surface area contributed by atoms with E-state index in [2.05, 4.69) is 10.1 Å². The van der Waals surface area contributed by atoms with Crippen molar-refractivity contribution >= 4 is 11.9 Å². The van der Waals surface area contributed by atoms with Crippen LogP contribution in [0.25, 0.3) is 0 Å². The van der Waals surface area contributed by atoms with E-state index in [4.69, 9.17) is 5.73 Å². The first-order chi connectivity index (χ1) is 11.2. The van der Waals surface area contributed by atoms with E-state index in [1.165, 1.54) is 7.11 Å². The highest BCUT2D eigenvalue weighted by Crippen LogP contribution is 2.35. The molecule has 3 unspecified atom stereocenters. The summed E-state index contributed by atoms with van der Waals surface area (Å²) >= 11 is 0. The van der Waals surface area contributed by atoms with Crippen LogP contribution >= 0.6 is 0 Å². The molecule has 6 nitrogen and oxygen atoms in total. The zero-order valence-corrected chi connectivity index (χ0v) is 14.8. The molecule has 0 fully saturated rings. The van der Waals surface area contributed by atoms with Crippen molar-refractivity contribution in [3.63, 3.8) is 0 Å². The lowest BCUT2D eigenvalue weighted by Crippen LogP contribution is -2.44. The van der Waals surface area contributed by atoms with Crippen LogP contribution in [-0.4, -0.2) is 36.2 Å². The lowest BCUT2D eigenvalue weighted by molar-refractivity contribution is -0.141. The van der Waals surface area contributed by atoms with Crippen LogP contribution in [0.2, 0.25) is 0 Å². The van der Waals surface area contributed by atoms with Gasteiger partial charge in [-0.25, -0.2) is 0 Å². The van der Waals surface area contributed by atoms with Crippen molar-refractivity contribution in [2.75, 3.05) is 7.11 Å². The van der Waals surface area contributed by atoms with E-state index in [1.54, 1.807) is 6.92 Å². The molecule has 0 saturated carbocycles. The number of ether oxygens (including phenoxy) is 1. The first-order valence-corrected chi connectivity index (χ1v) is 8.03. The fraction of sp³-hybridized carbons (Fsp3) is 0.556. The fourth-order valence-electron chi connectivity index (χ4n) is 2.45. The summed E-state index contributed by atoms with van der Waals surface area (Å²) in [5.41, 5.74) is 6.50. The Labute approximate surface area is 143 Å². The highest BCUT2D eigenvalue weighted by molar-refractivity contribution is 5.78. The Bertz CT molecular complexity index is 545. The lowest BCUT2D eigenvalue weighted by Gasteiger charge is -2.36. The van der Waals surface area contributed by atoms with E-state index in [0.717, 1.165) is 5.56 Å². The SMILES string of the molecule is COC(=O)CC(C)NC(=O)CC(O)C(C)(C)C(N)c1ccccc1. The maximum absolute atomic E-state index is 12.1. The average Bonchev–Trinajstić information content (AvgIpc) is 2.54. The second-order valence-electron chi connectivity index (χ2n) is 6.68. The minimum atomic E-state index is -0.918. The molecule has 4 N–H and O–H groups in total. The van der Waals surface area contributed by atoms with Gasteiger partial charge in [-0.05, 0) is 12.5 Å². The number of amides is 1. The summed E-state index contributed by atoms with van der Waals surface area (Å²) in [5.74, 6) is -0.720. The van der Waals surface area contributed by atoms with E-state index < -0.39 is 23.5 Å². The number of methoxy groups -OCH3 is 1. The van der Waals surface area contributed by atoms with Crippen molar-refractivity contribution in [2.45, 2.75) is 51.8 Å². The molecule has 6 heteroatoms. The van der Waals surface area contributed by atoms with Crippen molar-refractivity contribution < 1.29 is 19.4 Å². The summed E-state index contributed by atoms with van der Waals surface area (Å²) < 4.78 is 4.56.